The molecule has 0 aliphatic heterocycles. The van der Waals surface area contributed by atoms with Crippen molar-refractivity contribution in [3.05, 3.63) is 35.7 Å². The molecule has 2 aliphatic rings. The van der Waals surface area contributed by atoms with Gasteiger partial charge in [0, 0.05) is 12.0 Å². The van der Waals surface area contributed by atoms with E-state index in [9.17, 15) is 4.79 Å². The van der Waals surface area contributed by atoms with Gasteiger partial charge in [0.1, 0.15) is 0 Å². The molecule has 4 rings (SSSR count). The quantitative estimate of drug-likeness (QED) is 0.941. The summed E-state index contributed by atoms with van der Waals surface area (Å²) in [5.41, 5.74) is 2.87. The molecule has 2 aliphatic carbocycles. The number of nitrogens with zero attached hydrogens (tertiary/aromatic N) is 2. The summed E-state index contributed by atoms with van der Waals surface area (Å²) in [6.45, 7) is 9.50. The van der Waals surface area contributed by atoms with Crippen LogP contribution in [0.25, 0.3) is 11.0 Å². The molecule has 1 aromatic carbocycles. The number of carbonyl (C=O) groups excluding carboxylic acids is 1. The lowest BCUT2D eigenvalue weighted by Gasteiger charge is -2.39. The molecule has 2 atom stereocenters. The van der Waals surface area contributed by atoms with E-state index >= 15 is 0 Å². The molecule has 4 nitrogen and oxygen atoms in total. The fourth-order valence-electron chi connectivity index (χ4n) is 4.94. The van der Waals surface area contributed by atoms with E-state index in [1.165, 1.54) is 0 Å². The summed E-state index contributed by atoms with van der Waals surface area (Å²) < 4.78 is 0. The van der Waals surface area contributed by atoms with Crippen molar-refractivity contribution in [3.8, 4) is 0 Å². The molecule has 2 unspecified atom stereocenters. The van der Waals surface area contributed by atoms with Gasteiger partial charge >= 0.3 is 0 Å². The number of amides is 1. The Labute approximate surface area is 143 Å². The number of hydrogen-bond acceptors (Lipinski definition) is 3. The first-order chi connectivity index (χ1) is 11.4. The summed E-state index contributed by atoms with van der Waals surface area (Å²) in [7, 11) is 0. The lowest BCUT2D eigenvalue weighted by Crippen LogP contribution is -2.51. The molecular formula is C20H25N3O. The summed E-state index contributed by atoms with van der Waals surface area (Å²) in [6, 6.07) is 7.97. The molecule has 0 saturated heterocycles. The van der Waals surface area contributed by atoms with Crippen LogP contribution in [0.5, 0.6) is 0 Å². The van der Waals surface area contributed by atoms with Crippen LogP contribution < -0.4 is 5.32 Å². The van der Waals surface area contributed by atoms with Crippen LogP contribution in [0.2, 0.25) is 0 Å². The zero-order chi connectivity index (χ0) is 17.2. The highest BCUT2D eigenvalue weighted by atomic mass is 16.2. The monoisotopic (exact) mass is 323 g/mol. The van der Waals surface area contributed by atoms with E-state index in [4.69, 9.17) is 9.97 Å². The van der Waals surface area contributed by atoms with E-state index in [-0.39, 0.29) is 16.7 Å². The first-order valence-electron chi connectivity index (χ1n) is 8.94. The zero-order valence-corrected chi connectivity index (χ0v) is 14.9. The average molecular weight is 323 g/mol. The van der Waals surface area contributed by atoms with Crippen molar-refractivity contribution in [2.75, 3.05) is 6.54 Å². The van der Waals surface area contributed by atoms with Crippen LogP contribution >= 0.6 is 0 Å². The van der Waals surface area contributed by atoms with Gasteiger partial charge in [-0.25, -0.2) is 9.97 Å². The Kier molecular flexibility index (Phi) is 3.09. The SMILES string of the molecule is CCCNC(=O)C12CCC(C)(c3nc4ccccc4nc31)C2(C)C. The average Bonchev–Trinajstić information content (AvgIpc) is 2.87. The van der Waals surface area contributed by atoms with Crippen LogP contribution in [0.3, 0.4) is 0 Å². The van der Waals surface area contributed by atoms with Gasteiger partial charge in [-0.1, -0.05) is 39.8 Å². The number of carbonyl (C=O) groups is 1. The van der Waals surface area contributed by atoms with E-state index in [1.54, 1.807) is 0 Å². The van der Waals surface area contributed by atoms with Gasteiger partial charge in [-0.3, -0.25) is 4.79 Å². The fourth-order valence-corrected chi connectivity index (χ4v) is 4.94. The Bertz CT molecular complexity index is 844. The number of nitrogens with one attached hydrogen (secondary N) is 1. The molecule has 1 N–H and O–H groups in total. The molecule has 126 valence electrons. The third-order valence-electron chi connectivity index (χ3n) is 6.87. The van der Waals surface area contributed by atoms with Crippen LogP contribution in [0, 0.1) is 5.41 Å². The predicted molar refractivity (Wildman–Crippen MR) is 94.9 cm³/mol. The molecule has 1 heterocycles. The molecular weight excluding hydrogens is 298 g/mol. The highest BCUT2D eigenvalue weighted by molar-refractivity contribution is 5.92. The molecule has 1 amide bonds. The van der Waals surface area contributed by atoms with Gasteiger partial charge in [0.25, 0.3) is 0 Å². The Hall–Kier alpha value is -1.97. The molecule has 1 saturated carbocycles. The number of aromatic nitrogens is 2. The second kappa shape index (κ2) is 4.78. The van der Waals surface area contributed by atoms with E-state index in [0.29, 0.717) is 6.54 Å². The van der Waals surface area contributed by atoms with Gasteiger partial charge in [0.15, 0.2) is 0 Å². The van der Waals surface area contributed by atoms with E-state index in [2.05, 4.69) is 33.0 Å². The lowest BCUT2D eigenvalue weighted by molar-refractivity contribution is -0.130. The minimum absolute atomic E-state index is 0.108. The third kappa shape index (κ3) is 1.57. The summed E-state index contributed by atoms with van der Waals surface area (Å²) in [5.74, 6) is 0.126. The van der Waals surface area contributed by atoms with E-state index in [1.807, 2.05) is 24.3 Å². The van der Waals surface area contributed by atoms with Gasteiger partial charge in [-0.15, -0.1) is 0 Å². The van der Waals surface area contributed by atoms with Crippen molar-refractivity contribution in [1.82, 2.24) is 15.3 Å². The Morgan fingerprint density at radius 1 is 1.08 bits per heavy atom. The minimum atomic E-state index is -0.566. The minimum Gasteiger partial charge on any atom is -0.355 e. The highest BCUT2D eigenvalue weighted by Gasteiger charge is 2.73. The van der Waals surface area contributed by atoms with Crippen molar-refractivity contribution < 1.29 is 4.79 Å². The molecule has 4 heteroatoms. The maximum absolute atomic E-state index is 13.3. The summed E-state index contributed by atoms with van der Waals surface area (Å²) in [4.78, 5) is 23.2. The first kappa shape index (κ1) is 15.6. The standard InChI is InChI=1S/C20H25N3O/c1-5-12-21-17(24)20-11-10-19(4,18(20,2)3)15-16(20)23-14-9-7-6-8-13(14)22-15/h6-9H,5,10-12H2,1-4H3,(H,21,24). The summed E-state index contributed by atoms with van der Waals surface area (Å²) >= 11 is 0. The van der Waals surface area contributed by atoms with Crippen molar-refractivity contribution in [3.63, 3.8) is 0 Å². The van der Waals surface area contributed by atoms with Gasteiger partial charge in [-0.05, 0) is 36.8 Å². The number of hydrogen-bond donors (Lipinski definition) is 1. The van der Waals surface area contributed by atoms with Gasteiger partial charge in [0.05, 0.1) is 27.8 Å². The Morgan fingerprint density at radius 3 is 2.33 bits per heavy atom. The topological polar surface area (TPSA) is 54.9 Å². The molecule has 0 radical (unpaired) electrons. The Morgan fingerprint density at radius 2 is 1.71 bits per heavy atom. The first-order valence-corrected chi connectivity index (χ1v) is 8.94. The number of fused-ring (bicyclic) bond motifs is 6. The van der Waals surface area contributed by atoms with Crippen molar-refractivity contribution >= 4 is 16.9 Å². The van der Waals surface area contributed by atoms with Crippen LogP contribution in [0.1, 0.15) is 58.3 Å². The van der Waals surface area contributed by atoms with E-state index < -0.39 is 5.41 Å². The third-order valence-corrected chi connectivity index (χ3v) is 6.87. The normalized spacial score (nSPS) is 29.7. The fraction of sp³-hybridized carbons (Fsp3) is 0.550. The van der Waals surface area contributed by atoms with Crippen LogP contribution in [0.4, 0.5) is 0 Å². The maximum atomic E-state index is 13.3. The van der Waals surface area contributed by atoms with Crippen LogP contribution in [0.15, 0.2) is 24.3 Å². The summed E-state index contributed by atoms with van der Waals surface area (Å²) in [6.07, 6.45) is 2.78. The molecule has 2 bridgehead atoms. The molecule has 1 fully saturated rings. The molecule has 2 aromatic rings. The lowest BCUT2D eigenvalue weighted by atomic mass is 9.63. The largest absolute Gasteiger partial charge is 0.355 e. The predicted octanol–water partition coefficient (Wildman–Crippen LogP) is 3.49. The van der Waals surface area contributed by atoms with Crippen molar-refractivity contribution in [1.29, 1.82) is 0 Å². The maximum Gasteiger partial charge on any atom is 0.232 e. The zero-order valence-electron chi connectivity index (χ0n) is 14.9. The van der Waals surface area contributed by atoms with Crippen molar-refractivity contribution in [2.45, 2.75) is 57.8 Å². The van der Waals surface area contributed by atoms with Crippen LogP contribution in [-0.2, 0) is 15.6 Å². The number of benzene rings is 1. The van der Waals surface area contributed by atoms with E-state index in [0.717, 1.165) is 41.7 Å². The summed E-state index contributed by atoms with van der Waals surface area (Å²) in [5, 5.41) is 3.15. The van der Waals surface area contributed by atoms with Gasteiger partial charge < -0.3 is 5.32 Å². The number of para-hydroxylation sites is 2. The van der Waals surface area contributed by atoms with Gasteiger partial charge in [0.2, 0.25) is 5.91 Å². The van der Waals surface area contributed by atoms with Crippen molar-refractivity contribution in [2.24, 2.45) is 5.41 Å². The molecule has 1 aromatic heterocycles. The smallest absolute Gasteiger partial charge is 0.232 e. The second-order valence-corrected chi connectivity index (χ2v) is 8.03. The second-order valence-electron chi connectivity index (χ2n) is 8.03. The Balaban J connectivity index is 1.98. The molecule has 24 heavy (non-hydrogen) atoms. The number of rotatable bonds is 3. The van der Waals surface area contributed by atoms with Gasteiger partial charge in [-0.2, -0.15) is 0 Å². The van der Waals surface area contributed by atoms with Crippen LogP contribution in [-0.4, -0.2) is 22.4 Å². The molecule has 0 spiro atoms. The highest BCUT2D eigenvalue weighted by Crippen LogP contribution is 2.70.